The molecule has 0 spiro atoms. The Morgan fingerprint density at radius 3 is 2.53 bits per heavy atom. The van der Waals surface area contributed by atoms with Crippen molar-refractivity contribution in [2.75, 3.05) is 12.0 Å². The van der Waals surface area contributed by atoms with Crippen molar-refractivity contribution in [2.45, 2.75) is 44.7 Å². The predicted octanol–water partition coefficient (Wildman–Crippen LogP) is 0.826. The molecule has 0 unspecified atom stereocenters. The van der Waals surface area contributed by atoms with Crippen LogP contribution in [0.15, 0.2) is 0 Å². The maximum absolute atomic E-state index is 11.6. The van der Waals surface area contributed by atoms with E-state index in [0.29, 0.717) is 12.8 Å². The molecular weight excluding hydrogens is 240 g/mol. The van der Waals surface area contributed by atoms with E-state index in [0.717, 1.165) is 18.6 Å². The van der Waals surface area contributed by atoms with Crippen LogP contribution >= 0.6 is 11.8 Å². The van der Waals surface area contributed by atoms with Crippen LogP contribution in [-0.4, -0.2) is 41.1 Å². The van der Waals surface area contributed by atoms with Crippen molar-refractivity contribution < 1.29 is 14.7 Å². The third-order valence-electron chi connectivity index (χ3n) is 2.43. The van der Waals surface area contributed by atoms with Gasteiger partial charge in [0.2, 0.25) is 5.91 Å². The number of unbranched alkanes of at least 4 members (excludes halogenated alkanes) is 1. The molecule has 4 N–H and O–H groups in total. The lowest BCUT2D eigenvalue weighted by molar-refractivity contribution is -0.142. The molecule has 0 saturated heterocycles. The molecule has 2 atom stereocenters. The molecule has 0 aliphatic carbocycles. The Kier molecular flexibility index (Phi) is 8.89. The zero-order chi connectivity index (χ0) is 13.3. The monoisotopic (exact) mass is 262 g/mol. The molecule has 0 aromatic heterocycles. The smallest absolute Gasteiger partial charge is 0.326 e. The molecule has 0 aromatic carbocycles. The van der Waals surface area contributed by atoms with E-state index >= 15 is 0 Å². The lowest BCUT2D eigenvalue weighted by atomic mass is 10.1. The second-order valence-corrected chi connectivity index (χ2v) is 4.92. The summed E-state index contributed by atoms with van der Waals surface area (Å²) in [4.78, 5) is 22.5. The highest BCUT2D eigenvalue weighted by Crippen LogP contribution is 2.03. The molecular formula is C11H22N2O3S. The largest absolute Gasteiger partial charge is 0.480 e. The minimum atomic E-state index is -0.996. The van der Waals surface area contributed by atoms with Crippen LogP contribution in [0.25, 0.3) is 0 Å². The molecule has 6 heteroatoms. The van der Waals surface area contributed by atoms with E-state index in [1.165, 1.54) is 0 Å². The van der Waals surface area contributed by atoms with Gasteiger partial charge in [-0.15, -0.1) is 0 Å². The molecule has 0 fully saturated rings. The van der Waals surface area contributed by atoms with E-state index in [1.807, 2.05) is 13.2 Å². The summed E-state index contributed by atoms with van der Waals surface area (Å²) in [5, 5.41) is 11.4. The van der Waals surface area contributed by atoms with Gasteiger partial charge in [0.1, 0.15) is 6.04 Å². The number of hydrogen-bond acceptors (Lipinski definition) is 4. The Bertz CT molecular complexity index is 249. The van der Waals surface area contributed by atoms with Crippen molar-refractivity contribution in [3.63, 3.8) is 0 Å². The number of carbonyl (C=O) groups excluding carboxylic acids is 1. The van der Waals surface area contributed by atoms with Crippen LogP contribution in [0.2, 0.25) is 0 Å². The van der Waals surface area contributed by atoms with Crippen LogP contribution in [-0.2, 0) is 9.59 Å². The van der Waals surface area contributed by atoms with E-state index in [2.05, 4.69) is 5.32 Å². The molecule has 0 aliphatic rings. The quantitative estimate of drug-likeness (QED) is 0.572. The van der Waals surface area contributed by atoms with Crippen LogP contribution in [0.3, 0.4) is 0 Å². The van der Waals surface area contributed by atoms with Crippen LogP contribution in [0.1, 0.15) is 32.6 Å². The molecule has 17 heavy (non-hydrogen) atoms. The number of aliphatic carboxylic acids is 1. The first-order valence-electron chi connectivity index (χ1n) is 5.80. The molecule has 0 bridgehead atoms. The number of carboxylic acid groups (broad SMARTS) is 1. The van der Waals surface area contributed by atoms with Crippen molar-refractivity contribution in [3.8, 4) is 0 Å². The van der Waals surface area contributed by atoms with Crippen LogP contribution < -0.4 is 11.1 Å². The van der Waals surface area contributed by atoms with Crippen molar-refractivity contribution in [1.82, 2.24) is 5.32 Å². The molecule has 5 nitrogen and oxygen atoms in total. The molecule has 0 radical (unpaired) electrons. The standard InChI is InChI=1S/C11H22N2O3S/c1-3-4-5-9(11(15)16)13-10(14)8(12)6-7-17-2/h8-9H,3-7,12H2,1-2H3,(H,13,14)(H,15,16)/t8-,9+/m1/s1. The van der Waals surface area contributed by atoms with Gasteiger partial charge in [0, 0.05) is 0 Å². The number of rotatable bonds is 9. The van der Waals surface area contributed by atoms with Crippen molar-refractivity contribution >= 4 is 23.6 Å². The van der Waals surface area contributed by atoms with Gasteiger partial charge in [0.25, 0.3) is 0 Å². The Morgan fingerprint density at radius 2 is 2.06 bits per heavy atom. The normalized spacial score (nSPS) is 14.1. The van der Waals surface area contributed by atoms with E-state index in [-0.39, 0.29) is 5.91 Å². The lowest BCUT2D eigenvalue weighted by Crippen LogP contribution is -2.48. The van der Waals surface area contributed by atoms with Crippen molar-refractivity contribution in [1.29, 1.82) is 0 Å². The third kappa shape index (κ3) is 7.23. The fourth-order valence-corrected chi connectivity index (χ4v) is 1.81. The van der Waals surface area contributed by atoms with E-state index in [9.17, 15) is 9.59 Å². The zero-order valence-corrected chi connectivity index (χ0v) is 11.3. The van der Waals surface area contributed by atoms with Gasteiger partial charge in [-0.2, -0.15) is 11.8 Å². The Hall–Kier alpha value is -0.750. The molecule has 0 rings (SSSR count). The highest BCUT2D eigenvalue weighted by molar-refractivity contribution is 7.98. The van der Waals surface area contributed by atoms with Gasteiger partial charge in [-0.05, 0) is 24.9 Å². The first-order chi connectivity index (χ1) is 8.02. The fraction of sp³-hybridized carbons (Fsp3) is 0.818. The van der Waals surface area contributed by atoms with Gasteiger partial charge in [-0.25, -0.2) is 4.79 Å². The summed E-state index contributed by atoms with van der Waals surface area (Å²) in [7, 11) is 0. The van der Waals surface area contributed by atoms with Gasteiger partial charge in [0.05, 0.1) is 6.04 Å². The van der Waals surface area contributed by atoms with Gasteiger partial charge in [-0.1, -0.05) is 19.8 Å². The topological polar surface area (TPSA) is 92.4 Å². The average molecular weight is 262 g/mol. The molecule has 1 amide bonds. The van der Waals surface area contributed by atoms with Crippen LogP contribution in [0.5, 0.6) is 0 Å². The van der Waals surface area contributed by atoms with Gasteiger partial charge in [-0.3, -0.25) is 4.79 Å². The second kappa shape index (κ2) is 9.30. The summed E-state index contributed by atoms with van der Waals surface area (Å²) < 4.78 is 0. The fourth-order valence-electron chi connectivity index (χ4n) is 1.32. The number of thioether (sulfide) groups is 1. The minimum absolute atomic E-state index is 0.373. The number of amides is 1. The number of nitrogens with one attached hydrogen (secondary N) is 1. The number of nitrogens with two attached hydrogens (primary N) is 1. The first kappa shape index (κ1) is 16.2. The molecule has 0 aromatic rings. The lowest BCUT2D eigenvalue weighted by Gasteiger charge is -2.17. The van der Waals surface area contributed by atoms with Crippen molar-refractivity contribution in [2.24, 2.45) is 5.73 Å². The highest BCUT2D eigenvalue weighted by Gasteiger charge is 2.22. The summed E-state index contributed by atoms with van der Waals surface area (Å²) in [5.41, 5.74) is 5.66. The maximum atomic E-state index is 11.6. The summed E-state index contributed by atoms with van der Waals surface area (Å²) in [6, 6.07) is -1.44. The molecule has 100 valence electrons. The van der Waals surface area contributed by atoms with Crippen molar-refractivity contribution in [3.05, 3.63) is 0 Å². The minimum Gasteiger partial charge on any atom is -0.480 e. The molecule has 0 aliphatic heterocycles. The van der Waals surface area contributed by atoms with E-state index in [1.54, 1.807) is 11.8 Å². The predicted molar refractivity (Wildman–Crippen MR) is 70.1 cm³/mol. The number of hydrogen-bond donors (Lipinski definition) is 3. The Morgan fingerprint density at radius 1 is 1.41 bits per heavy atom. The third-order valence-corrected chi connectivity index (χ3v) is 3.07. The van der Waals surface area contributed by atoms with E-state index in [4.69, 9.17) is 10.8 Å². The van der Waals surface area contributed by atoms with Gasteiger partial charge >= 0.3 is 5.97 Å². The molecule has 0 heterocycles. The summed E-state index contributed by atoms with van der Waals surface area (Å²) in [5.74, 6) is -0.576. The Balaban J connectivity index is 4.15. The summed E-state index contributed by atoms with van der Waals surface area (Å²) >= 11 is 1.61. The zero-order valence-electron chi connectivity index (χ0n) is 10.4. The second-order valence-electron chi connectivity index (χ2n) is 3.93. The summed E-state index contributed by atoms with van der Waals surface area (Å²) in [6.07, 6.45) is 4.63. The number of carboxylic acids is 1. The highest BCUT2D eigenvalue weighted by atomic mass is 32.2. The Labute approximate surface area is 107 Å². The molecule has 0 saturated carbocycles. The van der Waals surface area contributed by atoms with Gasteiger partial charge in [0.15, 0.2) is 0 Å². The SMILES string of the molecule is CCCC[C@H](NC(=O)[C@H](N)CCSC)C(=O)O. The summed E-state index contributed by atoms with van der Waals surface area (Å²) in [6.45, 7) is 1.98. The first-order valence-corrected chi connectivity index (χ1v) is 7.20. The van der Waals surface area contributed by atoms with E-state index < -0.39 is 18.1 Å². The van der Waals surface area contributed by atoms with Crippen LogP contribution in [0.4, 0.5) is 0 Å². The van der Waals surface area contributed by atoms with Crippen LogP contribution in [0, 0.1) is 0 Å². The van der Waals surface area contributed by atoms with Gasteiger partial charge < -0.3 is 16.2 Å². The number of carbonyl (C=O) groups is 2. The average Bonchev–Trinajstić information content (AvgIpc) is 2.30. The maximum Gasteiger partial charge on any atom is 0.326 e.